The van der Waals surface area contributed by atoms with E-state index in [-0.39, 0.29) is 12.6 Å². The molecule has 3 heteroatoms. The molecule has 3 nitrogen and oxygen atoms in total. The number of aliphatic hydroxyl groups excluding tert-OH is 1. The number of hydrogen-bond acceptors (Lipinski definition) is 3. The molecule has 1 atom stereocenters. The highest BCUT2D eigenvalue weighted by Crippen LogP contribution is 2.18. The first-order valence-corrected chi connectivity index (χ1v) is 4.23. The SMILES string of the molecule is CCC[C@H](N)c1ccc(CO)o1. The summed E-state index contributed by atoms with van der Waals surface area (Å²) >= 11 is 0. The summed E-state index contributed by atoms with van der Waals surface area (Å²) in [6, 6.07) is 3.55. The normalized spacial score (nSPS) is 13.2. The lowest BCUT2D eigenvalue weighted by Crippen LogP contribution is -2.08. The predicted octanol–water partition coefficient (Wildman–Crippen LogP) is 1.57. The Morgan fingerprint density at radius 2 is 2.33 bits per heavy atom. The molecule has 0 spiro atoms. The highest BCUT2D eigenvalue weighted by Gasteiger charge is 2.08. The number of rotatable bonds is 4. The summed E-state index contributed by atoms with van der Waals surface area (Å²) in [5, 5.41) is 8.73. The van der Waals surface area contributed by atoms with E-state index in [0.29, 0.717) is 5.76 Å². The minimum Gasteiger partial charge on any atom is -0.462 e. The van der Waals surface area contributed by atoms with E-state index in [4.69, 9.17) is 15.3 Å². The largest absolute Gasteiger partial charge is 0.462 e. The highest BCUT2D eigenvalue weighted by molar-refractivity contribution is 5.09. The van der Waals surface area contributed by atoms with Crippen molar-refractivity contribution in [3.05, 3.63) is 23.7 Å². The van der Waals surface area contributed by atoms with Crippen LogP contribution >= 0.6 is 0 Å². The molecule has 0 aliphatic heterocycles. The van der Waals surface area contributed by atoms with Crippen LogP contribution in [0.25, 0.3) is 0 Å². The Kier molecular flexibility index (Phi) is 3.31. The molecule has 0 amide bonds. The average molecular weight is 169 g/mol. The summed E-state index contributed by atoms with van der Waals surface area (Å²) in [6.45, 7) is 2.02. The van der Waals surface area contributed by atoms with Gasteiger partial charge < -0.3 is 15.3 Å². The molecule has 12 heavy (non-hydrogen) atoms. The van der Waals surface area contributed by atoms with E-state index in [9.17, 15) is 0 Å². The van der Waals surface area contributed by atoms with E-state index in [1.54, 1.807) is 6.07 Å². The molecule has 0 saturated carbocycles. The second-order valence-corrected chi connectivity index (χ2v) is 2.86. The van der Waals surface area contributed by atoms with E-state index in [0.717, 1.165) is 18.6 Å². The first-order chi connectivity index (χ1) is 5.77. The summed E-state index contributed by atoms with van der Waals surface area (Å²) in [5.74, 6) is 1.34. The lowest BCUT2D eigenvalue weighted by Gasteiger charge is -2.05. The van der Waals surface area contributed by atoms with Crippen LogP contribution in [0.4, 0.5) is 0 Å². The molecule has 0 aliphatic rings. The Morgan fingerprint density at radius 1 is 1.58 bits per heavy atom. The number of furan rings is 1. The topological polar surface area (TPSA) is 59.4 Å². The van der Waals surface area contributed by atoms with Crippen LogP contribution in [0.3, 0.4) is 0 Å². The summed E-state index contributed by atoms with van der Waals surface area (Å²) in [7, 11) is 0. The van der Waals surface area contributed by atoms with Crippen LogP contribution in [0.2, 0.25) is 0 Å². The zero-order valence-corrected chi connectivity index (χ0v) is 7.29. The van der Waals surface area contributed by atoms with Gasteiger partial charge in [0.25, 0.3) is 0 Å². The third-order valence-electron chi connectivity index (χ3n) is 1.80. The maximum absolute atomic E-state index is 8.73. The molecule has 0 saturated heterocycles. The van der Waals surface area contributed by atoms with Crippen molar-refractivity contribution in [1.82, 2.24) is 0 Å². The number of nitrogens with two attached hydrogens (primary N) is 1. The molecule has 0 aliphatic carbocycles. The smallest absolute Gasteiger partial charge is 0.129 e. The Morgan fingerprint density at radius 3 is 2.83 bits per heavy atom. The van der Waals surface area contributed by atoms with Crippen molar-refractivity contribution < 1.29 is 9.52 Å². The van der Waals surface area contributed by atoms with E-state index >= 15 is 0 Å². The fourth-order valence-corrected chi connectivity index (χ4v) is 1.13. The lowest BCUT2D eigenvalue weighted by molar-refractivity contribution is 0.241. The number of hydrogen-bond donors (Lipinski definition) is 2. The molecule has 1 heterocycles. The van der Waals surface area contributed by atoms with Gasteiger partial charge in [-0.25, -0.2) is 0 Å². The van der Waals surface area contributed by atoms with Gasteiger partial charge in [0.2, 0.25) is 0 Å². The zero-order valence-electron chi connectivity index (χ0n) is 7.29. The van der Waals surface area contributed by atoms with E-state index in [2.05, 4.69) is 6.92 Å². The molecule has 0 aromatic carbocycles. The molecule has 3 N–H and O–H groups in total. The number of aliphatic hydroxyl groups is 1. The van der Waals surface area contributed by atoms with Gasteiger partial charge >= 0.3 is 0 Å². The van der Waals surface area contributed by atoms with Gasteiger partial charge in [0.1, 0.15) is 18.1 Å². The standard InChI is InChI=1S/C9H15NO2/c1-2-3-8(10)9-5-4-7(6-11)12-9/h4-5,8,11H,2-3,6,10H2,1H3/t8-/m0/s1. The van der Waals surface area contributed by atoms with Crippen LogP contribution in [0.1, 0.15) is 37.3 Å². The van der Waals surface area contributed by atoms with Crippen molar-refractivity contribution in [2.75, 3.05) is 0 Å². The van der Waals surface area contributed by atoms with Crippen LogP contribution in [0.15, 0.2) is 16.5 Å². The van der Waals surface area contributed by atoms with Gasteiger partial charge in [-0.05, 0) is 18.6 Å². The molecule has 0 radical (unpaired) electrons. The van der Waals surface area contributed by atoms with Gasteiger partial charge in [-0.1, -0.05) is 13.3 Å². The second kappa shape index (κ2) is 4.28. The van der Waals surface area contributed by atoms with Crippen LogP contribution in [0, 0.1) is 0 Å². The molecule has 1 aromatic rings. The van der Waals surface area contributed by atoms with Crippen molar-refractivity contribution in [3.8, 4) is 0 Å². The fourth-order valence-electron chi connectivity index (χ4n) is 1.13. The van der Waals surface area contributed by atoms with Crippen molar-refractivity contribution in [3.63, 3.8) is 0 Å². The van der Waals surface area contributed by atoms with E-state index < -0.39 is 0 Å². The molecule has 68 valence electrons. The molecule has 0 fully saturated rings. The molecular weight excluding hydrogens is 154 g/mol. The maximum atomic E-state index is 8.73. The maximum Gasteiger partial charge on any atom is 0.129 e. The first-order valence-electron chi connectivity index (χ1n) is 4.23. The summed E-state index contributed by atoms with van der Waals surface area (Å²) in [4.78, 5) is 0. The molecule has 1 rings (SSSR count). The molecule has 0 unspecified atom stereocenters. The van der Waals surface area contributed by atoms with Crippen LogP contribution < -0.4 is 5.73 Å². The Bertz CT molecular complexity index is 232. The minimum absolute atomic E-state index is 0.0321. The Balaban J connectivity index is 2.61. The average Bonchev–Trinajstić information content (AvgIpc) is 2.52. The fraction of sp³-hybridized carbons (Fsp3) is 0.556. The Labute approximate surface area is 72.2 Å². The van der Waals surface area contributed by atoms with Crippen LogP contribution in [-0.4, -0.2) is 5.11 Å². The van der Waals surface area contributed by atoms with Gasteiger partial charge in [-0.2, -0.15) is 0 Å². The zero-order chi connectivity index (χ0) is 8.97. The summed E-state index contributed by atoms with van der Waals surface area (Å²) in [6.07, 6.45) is 1.95. The summed E-state index contributed by atoms with van der Waals surface area (Å²) in [5.41, 5.74) is 5.80. The van der Waals surface area contributed by atoms with Crippen molar-refractivity contribution >= 4 is 0 Å². The van der Waals surface area contributed by atoms with Crippen molar-refractivity contribution in [1.29, 1.82) is 0 Å². The van der Waals surface area contributed by atoms with Gasteiger partial charge in [0, 0.05) is 0 Å². The molecule has 0 bridgehead atoms. The highest BCUT2D eigenvalue weighted by atomic mass is 16.4. The van der Waals surface area contributed by atoms with Gasteiger partial charge in [-0.15, -0.1) is 0 Å². The van der Waals surface area contributed by atoms with E-state index in [1.165, 1.54) is 0 Å². The Hall–Kier alpha value is -0.800. The quantitative estimate of drug-likeness (QED) is 0.719. The monoisotopic (exact) mass is 169 g/mol. The second-order valence-electron chi connectivity index (χ2n) is 2.86. The van der Waals surface area contributed by atoms with Crippen LogP contribution in [-0.2, 0) is 6.61 Å². The molecular formula is C9H15NO2. The predicted molar refractivity (Wildman–Crippen MR) is 46.5 cm³/mol. The first kappa shape index (κ1) is 9.29. The third-order valence-corrected chi connectivity index (χ3v) is 1.80. The van der Waals surface area contributed by atoms with Crippen LogP contribution in [0.5, 0.6) is 0 Å². The van der Waals surface area contributed by atoms with Crippen molar-refractivity contribution in [2.45, 2.75) is 32.4 Å². The third kappa shape index (κ3) is 2.09. The van der Waals surface area contributed by atoms with Gasteiger partial charge in [-0.3, -0.25) is 0 Å². The summed E-state index contributed by atoms with van der Waals surface area (Å²) < 4.78 is 5.27. The van der Waals surface area contributed by atoms with Crippen molar-refractivity contribution in [2.24, 2.45) is 5.73 Å². The minimum atomic E-state index is -0.0567. The van der Waals surface area contributed by atoms with Gasteiger partial charge in [0.05, 0.1) is 6.04 Å². The van der Waals surface area contributed by atoms with E-state index in [1.807, 2.05) is 6.07 Å². The van der Waals surface area contributed by atoms with Gasteiger partial charge in [0.15, 0.2) is 0 Å². The lowest BCUT2D eigenvalue weighted by atomic mass is 10.1. The molecule has 1 aromatic heterocycles.